The number of nitrogens with one attached hydrogen (secondary N) is 1. The predicted molar refractivity (Wildman–Crippen MR) is 77.6 cm³/mol. The number of hydrogen-bond acceptors (Lipinski definition) is 4. The zero-order valence-corrected chi connectivity index (χ0v) is 11.7. The van der Waals surface area contributed by atoms with E-state index in [-0.39, 0.29) is 11.9 Å². The average Bonchev–Trinajstić information content (AvgIpc) is 2.87. The van der Waals surface area contributed by atoms with Crippen molar-refractivity contribution in [3.05, 3.63) is 46.2 Å². The van der Waals surface area contributed by atoms with Crippen LogP contribution in [0.2, 0.25) is 0 Å². The van der Waals surface area contributed by atoms with Crippen molar-refractivity contribution in [2.75, 3.05) is 12.8 Å². The molecule has 5 heteroatoms. The molecule has 1 aromatic carbocycles. The Labute approximate surface area is 116 Å². The first-order valence-electron chi connectivity index (χ1n) is 5.89. The average molecular weight is 276 g/mol. The Kier molecular flexibility index (Phi) is 4.06. The van der Waals surface area contributed by atoms with Crippen molar-refractivity contribution >= 4 is 22.9 Å². The molecule has 1 aromatic heterocycles. The Balaban J connectivity index is 2.06. The van der Waals surface area contributed by atoms with Crippen molar-refractivity contribution in [2.45, 2.75) is 13.0 Å². The SMILES string of the molecule is COc1csc(C(=O)NC(C)c2cccc(N)c2)c1. The van der Waals surface area contributed by atoms with Gasteiger partial charge in [-0.15, -0.1) is 11.3 Å². The van der Waals surface area contributed by atoms with Crippen LogP contribution in [0.15, 0.2) is 35.7 Å². The maximum Gasteiger partial charge on any atom is 0.261 e. The third-order valence-electron chi connectivity index (χ3n) is 2.79. The minimum Gasteiger partial charge on any atom is -0.496 e. The standard InChI is InChI=1S/C14H16N2O2S/c1-9(10-4-3-5-11(15)6-10)16-14(17)13-7-12(18-2)8-19-13/h3-9H,15H2,1-2H3,(H,16,17). The Morgan fingerprint density at radius 2 is 2.21 bits per heavy atom. The number of hydrogen-bond donors (Lipinski definition) is 2. The molecule has 4 nitrogen and oxygen atoms in total. The van der Waals surface area contributed by atoms with Gasteiger partial charge >= 0.3 is 0 Å². The topological polar surface area (TPSA) is 64.3 Å². The minimum atomic E-state index is -0.108. The molecule has 2 rings (SSSR count). The molecule has 1 unspecified atom stereocenters. The molecule has 1 atom stereocenters. The molecule has 19 heavy (non-hydrogen) atoms. The summed E-state index contributed by atoms with van der Waals surface area (Å²) in [5.74, 6) is 0.593. The van der Waals surface area contributed by atoms with Crippen LogP contribution in [0.5, 0.6) is 5.75 Å². The molecule has 0 aliphatic carbocycles. The van der Waals surface area contributed by atoms with E-state index in [1.54, 1.807) is 18.6 Å². The molecular formula is C14H16N2O2S. The van der Waals surface area contributed by atoms with Gasteiger partial charge in [-0.1, -0.05) is 12.1 Å². The van der Waals surface area contributed by atoms with Crippen molar-refractivity contribution in [3.63, 3.8) is 0 Å². The smallest absolute Gasteiger partial charge is 0.261 e. The molecule has 0 spiro atoms. The summed E-state index contributed by atoms with van der Waals surface area (Å²) >= 11 is 1.36. The highest BCUT2D eigenvalue weighted by Gasteiger charge is 2.13. The van der Waals surface area contributed by atoms with E-state index >= 15 is 0 Å². The number of carbonyl (C=O) groups excluding carboxylic acids is 1. The van der Waals surface area contributed by atoms with Crippen molar-refractivity contribution in [3.8, 4) is 5.75 Å². The molecule has 1 amide bonds. The Hall–Kier alpha value is -2.01. The maximum atomic E-state index is 12.1. The van der Waals surface area contributed by atoms with Gasteiger partial charge in [0.2, 0.25) is 0 Å². The zero-order valence-electron chi connectivity index (χ0n) is 10.8. The van der Waals surface area contributed by atoms with Gasteiger partial charge in [-0.25, -0.2) is 0 Å². The van der Waals surface area contributed by atoms with Crippen LogP contribution in [-0.2, 0) is 0 Å². The first kappa shape index (κ1) is 13.4. The first-order valence-corrected chi connectivity index (χ1v) is 6.77. The fourth-order valence-corrected chi connectivity index (χ4v) is 2.48. The number of rotatable bonds is 4. The van der Waals surface area contributed by atoms with Gasteiger partial charge in [-0.05, 0) is 24.6 Å². The monoisotopic (exact) mass is 276 g/mol. The highest BCUT2D eigenvalue weighted by molar-refractivity contribution is 7.12. The number of thiophene rings is 1. The van der Waals surface area contributed by atoms with E-state index in [1.807, 2.05) is 31.2 Å². The fraction of sp³-hybridized carbons (Fsp3) is 0.214. The van der Waals surface area contributed by atoms with E-state index in [2.05, 4.69) is 5.32 Å². The largest absolute Gasteiger partial charge is 0.496 e. The van der Waals surface area contributed by atoms with Crippen LogP contribution in [-0.4, -0.2) is 13.0 Å². The van der Waals surface area contributed by atoms with E-state index in [0.29, 0.717) is 16.3 Å². The molecule has 0 fully saturated rings. The molecule has 3 N–H and O–H groups in total. The summed E-state index contributed by atoms with van der Waals surface area (Å²) < 4.78 is 5.06. The normalized spacial score (nSPS) is 11.9. The lowest BCUT2D eigenvalue weighted by molar-refractivity contribution is 0.0944. The van der Waals surface area contributed by atoms with E-state index in [4.69, 9.17) is 10.5 Å². The van der Waals surface area contributed by atoms with Crippen LogP contribution in [0.4, 0.5) is 5.69 Å². The van der Waals surface area contributed by atoms with Gasteiger partial charge in [0.15, 0.2) is 0 Å². The molecule has 2 aromatic rings. The summed E-state index contributed by atoms with van der Waals surface area (Å²) in [6.45, 7) is 1.93. The maximum absolute atomic E-state index is 12.1. The van der Waals surface area contributed by atoms with E-state index in [0.717, 1.165) is 5.56 Å². The van der Waals surface area contributed by atoms with E-state index in [9.17, 15) is 4.79 Å². The lowest BCUT2D eigenvalue weighted by Gasteiger charge is -2.14. The number of amides is 1. The minimum absolute atomic E-state index is 0.0934. The van der Waals surface area contributed by atoms with Gasteiger partial charge in [-0.3, -0.25) is 4.79 Å². The summed E-state index contributed by atoms with van der Waals surface area (Å²) in [5.41, 5.74) is 7.41. The van der Waals surface area contributed by atoms with Crippen molar-refractivity contribution < 1.29 is 9.53 Å². The van der Waals surface area contributed by atoms with Crippen LogP contribution in [0.3, 0.4) is 0 Å². The second-order valence-corrected chi connectivity index (χ2v) is 5.13. The van der Waals surface area contributed by atoms with E-state index < -0.39 is 0 Å². The molecule has 0 saturated heterocycles. The first-order chi connectivity index (χ1) is 9.10. The predicted octanol–water partition coefficient (Wildman–Crippen LogP) is 2.83. The second-order valence-electron chi connectivity index (χ2n) is 4.22. The number of ether oxygens (including phenoxy) is 1. The molecule has 100 valence electrons. The second kappa shape index (κ2) is 5.75. The number of nitrogen functional groups attached to an aromatic ring is 1. The van der Waals surface area contributed by atoms with Gasteiger partial charge in [0.25, 0.3) is 5.91 Å². The van der Waals surface area contributed by atoms with Gasteiger partial charge in [0.1, 0.15) is 5.75 Å². The summed E-state index contributed by atoms with van der Waals surface area (Å²) in [6.07, 6.45) is 0. The van der Waals surface area contributed by atoms with Gasteiger partial charge in [-0.2, -0.15) is 0 Å². The van der Waals surface area contributed by atoms with Crippen molar-refractivity contribution in [1.29, 1.82) is 0 Å². The van der Waals surface area contributed by atoms with Crippen molar-refractivity contribution in [1.82, 2.24) is 5.32 Å². The Bertz CT molecular complexity index is 580. The number of methoxy groups -OCH3 is 1. The third kappa shape index (κ3) is 3.26. The van der Waals surface area contributed by atoms with Crippen molar-refractivity contribution in [2.24, 2.45) is 0 Å². The van der Waals surface area contributed by atoms with Crippen LogP contribution in [0.25, 0.3) is 0 Å². The highest BCUT2D eigenvalue weighted by Crippen LogP contribution is 2.22. The molecule has 0 aliphatic rings. The molecule has 0 radical (unpaired) electrons. The molecular weight excluding hydrogens is 260 g/mol. The van der Waals surface area contributed by atoms with Crippen LogP contribution < -0.4 is 15.8 Å². The number of nitrogens with two attached hydrogens (primary N) is 1. The van der Waals surface area contributed by atoms with Gasteiger partial charge < -0.3 is 15.8 Å². The summed E-state index contributed by atoms with van der Waals surface area (Å²) in [4.78, 5) is 12.7. The molecule has 0 bridgehead atoms. The van der Waals surface area contributed by atoms with Crippen LogP contribution in [0, 0.1) is 0 Å². The number of carbonyl (C=O) groups is 1. The summed E-state index contributed by atoms with van der Waals surface area (Å²) in [6, 6.07) is 9.13. The zero-order chi connectivity index (χ0) is 13.8. The van der Waals surface area contributed by atoms with Crippen LogP contribution in [0.1, 0.15) is 28.2 Å². The number of anilines is 1. The molecule has 1 heterocycles. The molecule has 0 saturated carbocycles. The quantitative estimate of drug-likeness (QED) is 0.844. The highest BCUT2D eigenvalue weighted by atomic mass is 32.1. The Morgan fingerprint density at radius 1 is 1.42 bits per heavy atom. The van der Waals surface area contributed by atoms with Gasteiger partial charge in [0.05, 0.1) is 18.0 Å². The number of benzene rings is 1. The lowest BCUT2D eigenvalue weighted by Crippen LogP contribution is -2.25. The van der Waals surface area contributed by atoms with E-state index in [1.165, 1.54) is 11.3 Å². The summed E-state index contributed by atoms with van der Waals surface area (Å²) in [7, 11) is 1.58. The fourth-order valence-electron chi connectivity index (χ4n) is 1.72. The third-order valence-corrected chi connectivity index (χ3v) is 3.70. The molecule has 0 aliphatic heterocycles. The van der Waals surface area contributed by atoms with Crippen LogP contribution >= 0.6 is 11.3 Å². The van der Waals surface area contributed by atoms with Gasteiger partial charge in [0, 0.05) is 17.1 Å². The Morgan fingerprint density at radius 3 is 2.84 bits per heavy atom. The lowest BCUT2D eigenvalue weighted by atomic mass is 10.1. The summed E-state index contributed by atoms with van der Waals surface area (Å²) in [5, 5.41) is 4.74.